The first-order valence-electron chi connectivity index (χ1n) is 57.0. The molecule has 9 heterocycles. The monoisotopic (exact) mass is 2070 g/mol. The van der Waals surface area contributed by atoms with Gasteiger partial charge in [-0.25, -0.2) is 0 Å². The second-order valence-electron chi connectivity index (χ2n) is 42.1. The molecule has 7 aromatic rings. The molecular formula is C122H185Br2N5O4S4. The second-order valence-corrected chi connectivity index (χ2v) is 49.4. The molecule has 4 amide bonds. The summed E-state index contributed by atoms with van der Waals surface area (Å²) in [4.78, 5) is 77.0. The minimum atomic E-state index is 0.0248. The van der Waals surface area contributed by atoms with Crippen LogP contribution in [0, 0.1) is 43.4 Å². The van der Waals surface area contributed by atoms with Crippen molar-refractivity contribution < 1.29 is 19.2 Å². The number of carbonyl (C=O) groups excluding carboxylic acids is 4. The molecule has 0 radical (unpaired) electrons. The number of benzene rings is 2. The largest absolute Gasteiger partial charge is 0.340 e. The Morgan fingerprint density at radius 2 is 0.474 bits per heavy atom. The molecule has 760 valence electrons. The van der Waals surface area contributed by atoms with Gasteiger partial charge in [-0.05, 0) is 211 Å². The van der Waals surface area contributed by atoms with Crippen LogP contribution < -0.4 is 0 Å². The van der Waals surface area contributed by atoms with E-state index in [1.807, 2.05) is 9.80 Å². The average Bonchev–Trinajstić information content (AvgIpc) is 1.55. The smallest absolute Gasteiger partial charge is 0.261 e. The van der Waals surface area contributed by atoms with Gasteiger partial charge >= 0.3 is 0 Å². The Bertz CT molecular complexity index is 4740. The van der Waals surface area contributed by atoms with Crippen molar-refractivity contribution in [1.82, 2.24) is 24.2 Å². The van der Waals surface area contributed by atoms with Gasteiger partial charge in [-0.15, -0.1) is 45.3 Å². The van der Waals surface area contributed by atoms with Gasteiger partial charge in [0.15, 0.2) is 0 Å². The van der Waals surface area contributed by atoms with E-state index in [2.05, 4.69) is 214 Å². The van der Waals surface area contributed by atoms with Gasteiger partial charge in [-0.1, -0.05) is 415 Å². The van der Waals surface area contributed by atoms with Gasteiger partial charge in [-0.2, -0.15) is 0 Å². The molecule has 0 bridgehead atoms. The molecule has 0 saturated carbocycles. The van der Waals surface area contributed by atoms with E-state index in [0.717, 1.165) is 108 Å². The van der Waals surface area contributed by atoms with Crippen molar-refractivity contribution in [3.63, 3.8) is 0 Å². The Kier molecular flexibility index (Phi) is 53.0. The summed E-state index contributed by atoms with van der Waals surface area (Å²) in [5.74, 6) is 2.41. The maximum atomic E-state index is 16.0. The zero-order valence-corrected chi connectivity index (χ0v) is 94.6. The van der Waals surface area contributed by atoms with E-state index in [0.29, 0.717) is 78.1 Å². The number of nitrogens with zero attached hydrogens (tertiary/aromatic N) is 5. The molecule has 0 fully saturated rings. The molecule has 5 unspecified atom stereocenters. The number of aryl methyl sites for hydroxylation is 2. The van der Waals surface area contributed by atoms with E-state index >= 15 is 19.2 Å². The van der Waals surface area contributed by atoms with Crippen LogP contribution in [0.1, 0.15) is 484 Å². The van der Waals surface area contributed by atoms with Gasteiger partial charge < -0.3 is 24.2 Å². The van der Waals surface area contributed by atoms with Crippen molar-refractivity contribution in [2.24, 2.45) is 29.6 Å². The van der Waals surface area contributed by atoms with Gasteiger partial charge in [-0.3, -0.25) is 19.2 Å². The predicted molar refractivity (Wildman–Crippen MR) is 606 cm³/mol. The third kappa shape index (κ3) is 34.5. The summed E-state index contributed by atoms with van der Waals surface area (Å²) in [7, 11) is 0. The van der Waals surface area contributed by atoms with E-state index in [1.165, 1.54) is 377 Å². The van der Waals surface area contributed by atoms with Crippen LogP contribution in [0.3, 0.4) is 0 Å². The molecule has 2 aromatic carbocycles. The van der Waals surface area contributed by atoms with Crippen molar-refractivity contribution in [2.75, 3.05) is 26.2 Å². The number of hydrogen-bond acceptors (Lipinski definition) is 8. The Hall–Kier alpha value is -5.16. The Balaban J connectivity index is 0.000000310. The summed E-state index contributed by atoms with van der Waals surface area (Å²) in [5.41, 5.74) is 11.3. The Labute approximate surface area is 867 Å². The lowest BCUT2D eigenvalue weighted by Gasteiger charge is -2.29. The third-order valence-electron chi connectivity index (χ3n) is 30.5. The number of halogens is 2. The van der Waals surface area contributed by atoms with E-state index in [9.17, 15) is 0 Å². The summed E-state index contributed by atoms with van der Waals surface area (Å²) in [6.07, 6.45) is 75.2. The fraction of sp³-hybridized carbons (Fsp3) is 0.672. The van der Waals surface area contributed by atoms with Gasteiger partial charge in [0.25, 0.3) is 23.6 Å². The van der Waals surface area contributed by atoms with Gasteiger partial charge in [0.05, 0.1) is 72.2 Å². The summed E-state index contributed by atoms with van der Waals surface area (Å²) in [6.45, 7) is 31.1. The molecule has 9 nitrogen and oxygen atoms in total. The lowest BCUT2D eigenvalue weighted by Crippen LogP contribution is -2.34. The molecule has 137 heavy (non-hydrogen) atoms. The van der Waals surface area contributed by atoms with Crippen LogP contribution in [0.15, 0.2) is 115 Å². The zero-order valence-electron chi connectivity index (χ0n) is 88.2. The summed E-state index contributed by atoms with van der Waals surface area (Å²) < 4.78 is 4.74. The molecule has 4 aliphatic rings. The molecule has 0 aliphatic carbocycles. The van der Waals surface area contributed by atoms with Gasteiger partial charge in [0.1, 0.15) is 0 Å². The van der Waals surface area contributed by atoms with Crippen LogP contribution >= 0.6 is 77.2 Å². The first kappa shape index (κ1) is 114. The van der Waals surface area contributed by atoms with Crippen molar-refractivity contribution in [3.8, 4) is 10.4 Å². The van der Waals surface area contributed by atoms with Crippen molar-refractivity contribution in [3.05, 3.63) is 145 Å². The number of amides is 4. The summed E-state index contributed by atoms with van der Waals surface area (Å²) >= 11 is 14.3. The Morgan fingerprint density at radius 1 is 0.241 bits per heavy atom. The molecule has 0 N–H and O–H groups in total. The maximum Gasteiger partial charge on any atom is 0.261 e. The number of hydrogen-bond donors (Lipinski definition) is 0. The molecular weight excluding hydrogens is 1890 g/mol. The third-order valence-corrected chi connectivity index (χ3v) is 35.9. The lowest BCUT2D eigenvalue weighted by molar-refractivity contribution is -0.124. The summed E-state index contributed by atoms with van der Waals surface area (Å²) in [6, 6.07) is 31.6. The number of thiophene rings is 4. The highest BCUT2D eigenvalue weighted by Gasteiger charge is 2.52. The molecule has 5 aromatic heterocycles. The fourth-order valence-electron chi connectivity index (χ4n) is 22.4. The minimum Gasteiger partial charge on any atom is -0.340 e. The molecule has 11 rings (SSSR count). The molecule has 15 heteroatoms. The zero-order chi connectivity index (χ0) is 97.5. The van der Waals surface area contributed by atoms with Crippen LogP contribution in [0.2, 0.25) is 0 Å². The number of fused-ring (bicyclic) bond motifs is 5. The van der Waals surface area contributed by atoms with E-state index in [4.69, 9.17) is 0 Å². The standard InChI is InChI=1S/C76H115N3O2S2.C46H70Br2N2O2S2/c1-9-15-21-27-30-36-42-60(39-33-24-18-12-4)55-77-66-53-58(7)45-48-64(66)65-49-47-63(54-67(65)77)68-51-52-70(83-68)74-72-71(75(80)79(74)57-62(41-35-26-20-14-6)44-38-32-29-23-17-11-3)73(69-50-46-59(8)82-69)78(76(72)81)56-61(40-34-25-19-13-5)43-37-31-28-22-16-10-2;1-5-9-13-17-19-23-27-35(25-21-15-11-7-3)33-49-43(37-29-31-39(47)53-37)41-42(45(49)51)44(38-30-32-40(48)54-38)50(46(41)52)34-36(26-22-16-12-8-4)28-24-20-18-14-10-6-2/h45-54,60-62H,9-44,55-57H2,1-8H3;29-32,35-36H,5-28,33-34H2,1-4H3. The topological polar surface area (TPSA) is 86.2 Å². The minimum absolute atomic E-state index is 0.0248. The van der Waals surface area contributed by atoms with Gasteiger partial charge in [0.2, 0.25) is 0 Å². The quantitative estimate of drug-likeness (QED) is 0.0356. The maximum absolute atomic E-state index is 16.0. The molecule has 5 atom stereocenters. The van der Waals surface area contributed by atoms with Crippen LogP contribution in [0.5, 0.6) is 0 Å². The first-order valence-corrected chi connectivity index (χ1v) is 61.8. The highest BCUT2D eigenvalue weighted by molar-refractivity contribution is 9.11. The second kappa shape index (κ2) is 63.9. The van der Waals surface area contributed by atoms with Crippen LogP contribution in [-0.4, -0.2) is 74.0 Å². The van der Waals surface area contributed by atoms with Crippen LogP contribution in [0.25, 0.3) is 55.0 Å². The highest BCUT2D eigenvalue weighted by Crippen LogP contribution is 2.54. The van der Waals surface area contributed by atoms with Crippen molar-refractivity contribution >= 4 is 145 Å². The number of carbonyl (C=O) groups is 4. The van der Waals surface area contributed by atoms with E-state index in [-0.39, 0.29) is 23.6 Å². The predicted octanol–water partition coefficient (Wildman–Crippen LogP) is 39.8. The molecule has 0 spiro atoms. The fourth-order valence-corrected chi connectivity index (χ4v) is 27.3. The molecule has 0 saturated heterocycles. The Morgan fingerprint density at radius 3 is 0.752 bits per heavy atom. The summed E-state index contributed by atoms with van der Waals surface area (Å²) in [5, 5.41) is 2.68. The van der Waals surface area contributed by atoms with Crippen molar-refractivity contribution in [2.45, 2.75) is 475 Å². The van der Waals surface area contributed by atoms with Gasteiger partial charge in [0, 0.05) is 64.3 Å². The van der Waals surface area contributed by atoms with Crippen LogP contribution in [0.4, 0.5) is 0 Å². The first-order chi connectivity index (χ1) is 67.0. The normalized spacial score (nSPS) is 15.3. The SMILES string of the molecule is CCCCCCCCC(CCCCCC)CN1C(=O)C2=C(c3ccc(-c4ccc5c6ccc(C)cc6n(CC(CCCCCC)CCCCCCCC)c5c4)s3)N(CC(CCCCCC)CCCCCCCC)C(=O)C2=C1c1ccc(C)s1.CCCCCCCCC(CCCCCC)CN1C(=O)C2=C(c3ccc(Br)s3)N(CC(CCCCCC)CCCCCCCC)C(=O)C2=C1c1ccc(Br)s1. The molecule has 4 aliphatic heterocycles. The lowest BCUT2D eigenvalue weighted by atomic mass is 9.93. The van der Waals surface area contributed by atoms with Crippen LogP contribution in [-0.2, 0) is 25.7 Å². The van der Waals surface area contributed by atoms with E-state index < -0.39 is 0 Å². The van der Waals surface area contributed by atoms with Crippen molar-refractivity contribution in [1.29, 1.82) is 0 Å². The van der Waals surface area contributed by atoms with E-state index in [1.54, 1.807) is 45.3 Å². The number of unbranched alkanes of at least 4 members (excludes halogenated alkanes) is 40. The highest BCUT2D eigenvalue weighted by atomic mass is 79.9. The average molecular weight is 2070 g/mol. The number of aromatic nitrogens is 1. The number of rotatable bonds is 75.